The van der Waals surface area contributed by atoms with Crippen LogP contribution in [0.5, 0.6) is 0 Å². The zero-order valence-electron chi connectivity index (χ0n) is 14.5. The minimum absolute atomic E-state index is 0.0703. The lowest BCUT2D eigenvalue weighted by atomic mass is 10.2. The predicted octanol–water partition coefficient (Wildman–Crippen LogP) is 5.10. The Morgan fingerprint density at radius 1 is 0.893 bits per heavy atom. The van der Waals surface area contributed by atoms with Gasteiger partial charge in [0, 0.05) is 41.0 Å². The topological polar surface area (TPSA) is 75.5 Å². The number of thiocarbonyl (C=S) groups is 1. The third kappa shape index (κ3) is 4.73. The molecule has 0 saturated heterocycles. The van der Waals surface area contributed by atoms with Crippen molar-refractivity contribution < 1.29 is 9.72 Å². The van der Waals surface area contributed by atoms with Gasteiger partial charge in [0.2, 0.25) is 0 Å². The van der Waals surface area contributed by atoms with Crippen LogP contribution in [-0.4, -0.2) is 15.2 Å². The maximum Gasteiger partial charge on any atom is 0.269 e. The van der Waals surface area contributed by atoms with E-state index in [0.717, 1.165) is 23.3 Å². The number of hydrogen-bond acceptors (Lipinski definition) is 5. The van der Waals surface area contributed by atoms with Gasteiger partial charge in [-0.2, -0.15) is 0 Å². The number of rotatable bonds is 4. The summed E-state index contributed by atoms with van der Waals surface area (Å²) >= 11 is 6.56. The first-order valence-electron chi connectivity index (χ1n) is 8.22. The van der Waals surface area contributed by atoms with Gasteiger partial charge in [-0.1, -0.05) is 48.6 Å². The molecule has 3 aromatic carbocycles. The molecule has 3 aromatic rings. The highest BCUT2D eigenvalue weighted by atomic mass is 32.2. The number of benzene rings is 3. The first-order chi connectivity index (χ1) is 13.6. The van der Waals surface area contributed by atoms with Gasteiger partial charge in [0.25, 0.3) is 11.6 Å². The second-order valence-corrected chi connectivity index (χ2v) is 7.05. The Morgan fingerprint density at radius 3 is 1.86 bits per heavy atom. The minimum atomic E-state index is -0.511. The van der Waals surface area contributed by atoms with Crippen LogP contribution in [-0.2, 0) is 0 Å². The van der Waals surface area contributed by atoms with Crippen LogP contribution in [0.4, 0.5) is 17.1 Å². The van der Waals surface area contributed by atoms with Gasteiger partial charge in [-0.3, -0.25) is 24.5 Å². The van der Waals surface area contributed by atoms with E-state index in [1.807, 2.05) is 65.6 Å². The van der Waals surface area contributed by atoms with Crippen molar-refractivity contribution in [1.29, 1.82) is 0 Å². The van der Waals surface area contributed by atoms with Crippen LogP contribution in [0.1, 0.15) is 10.4 Å². The lowest BCUT2D eigenvalue weighted by Crippen LogP contribution is -2.26. The smallest absolute Gasteiger partial charge is 0.269 e. The van der Waals surface area contributed by atoms with Gasteiger partial charge >= 0.3 is 0 Å². The zero-order chi connectivity index (χ0) is 19.9. The van der Waals surface area contributed by atoms with E-state index in [4.69, 9.17) is 12.2 Å². The van der Waals surface area contributed by atoms with E-state index in [-0.39, 0.29) is 11.6 Å². The van der Waals surface area contributed by atoms with Gasteiger partial charge in [0.15, 0.2) is 4.32 Å². The SMILES string of the molecule is O=C(NSC(=S)N(c1ccccc1)c1ccccc1)c1ccc([N+](=O)[O-])cc1. The number of nitro groups is 1. The average molecular weight is 409 g/mol. The van der Waals surface area contributed by atoms with Crippen LogP contribution in [0, 0.1) is 10.1 Å². The third-order valence-corrected chi connectivity index (χ3v) is 4.86. The summed E-state index contributed by atoms with van der Waals surface area (Å²) in [5.41, 5.74) is 1.98. The minimum Gasteiger partial charge on any atom is -0.295 e. The van der Waals surface area contributed by atoms with Crippen LogP contribution in [0.15, 0.2) is 84.9 Å². The number of anilines is 2. The molecule has 0 fully saturated rings. The normalized spacial score (nSPS) is 10.1. The first-order valence-corrected chi connectivity index (χ1v) is 9.44. The molecule has 0 heterocycles. The Labute approximate surface area is 171 Å². The molecule has 3 rings (SSSR count). The Bertz CT molecular complexity index is 941. The van der Waals surface area contributed by atoms with E-state index in [2.05, 4.69) is 4.72 Å². The van der Waals surface area contributed by atoms with Crippen LogP contribution < -0.4 is 9.62 Å². The van der Waals surface area contributed by atoms with Gasteiger partial charge < -0.3 is 0 Å². The van der Waals surface area contributed by atoms with Gasteiger partial charge in [-0.25, -0.2) is 0 Å². The van der Waals surface area contributed by atoms with E-state index >= 15 is 0 Å². The predicted molar refractivity (Wildman–Crippen MR) is 116 cm³/mol. The third-order valence-electron chi connectivity index (χ3n) is 3.78. The van der Waals surface area contributed by atoms with Gasteiger partial charge in [-0.15, -0.1) is 0 Å². The van der Waals surface area contributed by atoms with Gasteiger partial charge in [0.1, 0.15) is 0 Å². The molecule has 0 bridgehead atoms. The van der Waals surface area contributed by atoms with Gasteiger partial charge in [0.05, 0.1) is 4.92 Å². The summed E-state index contributed by atoms with van der Waals surface area (Å²) in [5, 5.41) is 10.7. The molecule has 0 saturated carbocycles. The Morgan fingerprint density at radius 2 is 1.39 bits per heavy atom. The largest absolute Gasteiger partial charge is 0.295 e. The molecule has 0 aliphatic carbocycles. The molecule has 0 atom stereocenters. The molecule has 140 valence electrons. The van der Waals surface area contributed by atoms with Crippen molar-refractivity contribution in [3.05, 3.63) is 101 Å². The molecule has 1 amide bonds. The van der Waals surface area contributed by atoms with Crippen LogP contribution in [0.2, 0.25) is 0 Å². The van der Waals surface area contributed by atoms with Crippen molar-refractivity contribution >= 4 is 51.5 Å². The average Bonchev–Trinajstić information content (AvgIpc) is 2.74. The number of non-ortho nitro benzene ring substituents is 1. The van der Waals surface area contributed by atoms with Crippen molar-refractivity contribution in [3.8, 4) is 0 Å². The lowest BCUT2D eigenvalue weighted by Gasteiger charge is -2.24. The maximum absolute atomic E-state index is 12.3. The summed E-state index contributed by atoms with van der Waals surface area (Å²) in [5.74, 6) is -0.386. The lowest BCUT2D eigenvalue weighted by molar-refractivity contribution is -0.384. The molecule has 0 aliphatic heterocycles. The molecule has 6 nitrogen and oxygen atoms in total. The molecular weight excluding hydrogens is 394 g/mol. The number of nitro benzene ring substituents is 1. The van der Waals surface area contributed by atoms with Crippen molar-refractivity contribution in [1.82, 2.24) is 4.72 Å². The molecular formula is C20H15N3O3S2. The van der Waals surface area contributed by atoms with Crippen LogP contribution in [0.25, 0.3) is 0 Å². The van der Waals surface area contributed by atoms with Gasteiger partial charge in [-0.05, 0) is 36.4 Å². The molecule has 8 heteroatoms. The highest BCUT2D eigenvalue weighted by Gasteiger charge is 2.17. The summed E-state index contributed by atoms with van der Waals surface area (Å²) in [7, 11) is 0. The summed E-state index contributed by atoms with van der Waals surface area (Å²) in [6, 6.07) is 24.6. The first kappa shape index (κ1) is 19.5. The molecule has 0 spiro atoms. The highest BCUT2D eigenvalue weighted by molar-refractivity contribution is 8.22. The standard InChI is InChI=1S/C20H15N3O3S2/c24-19(15-11-13-18(14-12-15)23(25)26)21-28-20(27)22(16-7-3-1-4-8-16)17-9-5-2-6-10-17/h1-14H,(H,21,24). The van der Waals surface area contributed by atoms with Crippen molar-refractivity contribution in [2.75, 3.05) is 4.90 Å². The molecule has 1 N–H and O–H groups in total. The number of para-hydroxylation sites is 2. The zero-order valence-corrected chi connectivity index (χ0v) is 16.2. The van der Waals surface area contributed by atoms with Crippen molar-refractivity contribution in [2.24, 2.45) is 0 Å². The van der Waals surface area contributed by atoms with E-state index in [1.54, 1.807) is 0 Å². The summed E-state index contributed by atoms with van der Waals surface area (Å²) < 4.78 is 3.13. The Balaban J connectivity index is 1.73. The van der Waals surface area contributed by atoms with E-state index < -0.39 is 4.92 Å². The summed E-state index contributed by atoms with van der Waals surface area (Å²) in [4.78, 5) is 24.4. The second kappa shape index (κ2) is 9.12. The molecule has 28 heavy (non-hydrogen) atoms. The van der Waals surface area contributed by atoms with E-state index in [9.17, 15) is 14.9 Å². The molecule has 0 radical (unpaired) electrons. The summed E-state index contributed by atoms with van der Waals surface area (Å²) in [6.45, 7) is 0. The Hall–Kier alpha value is -3.23. The van der Waals surface area contributed by atoms with E-state index in [0.29, 0.717) is 9.88 Å². The summed E-state index contributed by atoms with van der Waals surface area (Å²) in [6.07, 6.45) is 0. The number of amides is 1. The number of carbonyl (C=O) groups is 1. The quantitative estimate of drug-likeness (QED) is 0.280. The highest BCUT2D eigenvalue weighted by Crippen LogP contribution is 2.28. The fraction of sp³-hybridized carbons (Fsp3) is 0. The van der Waals surface area contributed by atoms with Crippen molar-refractivity contribution in [3.63, 3.8) is 0 Å². The second-order valence-electron chi connectivity index (χ2n) is 5.61. The monoisotopic (exact) mass is 409 g/mol. The number of carbonyl (C=O) groups excluding carboxylic acids is 1. The fourth-order valence-electron chi connectivity index (χ4n) is 2.44. The number of nitrogens with one attached hydrogen (secondary N) is 1. The van der Waals surface area contributed by atoms with E-state index in [1.165, 1.54) is 24.3 Å². The Kier molecular flexibility index (Phi) is 6.36. The molecule has 0 aromatic heterocycles. The van der Waals surface area contributed by atoms with Crippen LogP contribution in [0.3, 0.4) is 0 Å². The number of nitrogens with zero attached hydrogens (tertiary/aromatic N) is 2. The maximum atomic E-state index is 12.3. The molecule has 0 aliphatic rings. The molecule has 0 unspecified atom stereocenters. The fourth-order valence-corrected chi connectivity index (χ4v) is 3.38. The van der Waals surface area contributed by atoms with Crippen LogP contribution >= 0.6 is 24.2 Å². The number of hydrogen-bond donors (Lipinski definition) is 1. The van der Waals surface area contributed by atoms with Crippen molar-refractivity contribution in [2.45, 2.75) is 0 Å².